The molecule has 0 saturated heterocycles. The molecule has 0 saturated carbocycles. The number of anilines is 1. The standard InChI is InChI=1S/C28H21ClN6O5S/c29-25-13-12-22(35(37)38)19-24(25)27-32-26(28(36)34(27)41(39,40)23-6-2-1-3-7-23)18-20-8-10-21(11-9-20)33(16-4-14-30)17-5-15-31/h1-3,6-13,18-19H,4-5,16-17H2/b26-18-. The molecule has 0 spiro atoms. The lowest BCUT2D eigenvalue weighted by atomic mass is 10.1. The third-order valence-electron chi connectivity index (χ3n) is 6.05. The molecule has 0 aliphatic carbocycles. The van der Waals surface area contributed by atoms with Gasteiger partial charge in [-0.25, -0.2) is 13.4 Å². The molecule has 3 aromatic rings. The van der Waals surface area contributed by atoms with Crippen LogP contribution < -0.4 is 4.90 Å². The highest BCUT2D eigenvalue weighted by Gasteiger charge is 2.42. The third-order valence-corrected chi connectivity index (χ3v) is 8.07. The quantitative estimate of drug-likeness (QED) is 0.183. The molecule has 0 radical (unpaired) electrons. The fourth-order valence-electron chi connectivity index (χ4n) is 4.07. The van der Waals surface area contributed by atoms with E-state index in [2.05, 4.69) is 17.1 Å². The predicted octanol–water partition coefficient (Wildman–Crippen LogP) is 4.90. The lowest BCUT2D eigenvalue weighted by Crippen LogP contribution is -2.38. The number of aliphatic imine (C=N–C) groups is 1. The number of rotatable bonds is 10. The third kappa shape index (κ3) is 6.25. The zero-order chi connectivity index (χ0) is 29.6. The number of nitrogens with zero attached hydrogens (tertiary/aromatic N) is 6. The van der Waals surface area contributed by atoms with Crippen LogP contribution in [0.4, 0.5) is 11.4 Å². The van der Waals surface area contributed by atoms with Gasteiger partial charge in [0.25, 0.3) is 21.6 Å². The second kappa shape index (κ2) is 12.4. The Morgan fingerprint density at radius 3 is 2.22 bits per heavy atom. The van der Waals surface area contributed by atoms with E-state index in [0.29, 0.717) is 23.0 Å². The van der Waals surface area contributed by atoms with Gasteiger partial charge in [-0.3, -0.25) is 14.9 Å². The fraction of sp³-hybridized carbons (Fsp3) is 0.143. The molecule has 41 heavy (non-hydrogen) atoms. The number of non-ortho nitro benzene ring substituents is 1. The maximum atomic E-state index is 13.6. The number of amides is 1. The van der Waals surface area contributed by atoms with E-state index in [-0.39, 0.29) is 45.5 Å². The van der Waals surface area contributed by atoms with Gasteiger partial charge >= 0.3 is 0 Å². The molecule has 11 nitrogen and oxygen atoms in total. The van der Waals surface area contributed by atoms with Gasteiger partial charge in [0.1, 0.15) is 5.70 Å². The van der Waals surface area contributed by atoms with Crippen LogP contribution in [0.5, 0.6) is 0 Å². The summed E-state index contributed by atoms with van der Waals surface area (Å²) in [6, 6.07) is 21.8. The van der Waals surface area contributed by atoms with Crippen molar-refractivity contribution in [3.05, 3.63) is 105 Å². The molecule has 206 valence electrons. The minimum atomic E-state index is -4.47. The van der Waals surface area contributed by atoms with Crippen molar-refractivity contribution in [3.63, 3.8) is 0 Å². The van der Waals surface area contributed by atoms with E-state index in [1.54, 1.807) is 30.3 Å². The lowest BCUT2D eigenvalue weighted by molar-refractivity contribution is -0.384. The van der Waals surface area contributed by atoms with Crippen molar-refractivity contribution in [2.75, 3.05) is 18.0 Å². The van der Waals surface area contributed by atoms with Crippen molar-refractivity contribution >= 4 is 50.8 Å². The second-order valence-corrected chi connectivity index (χ2v) is 10.9. The van der Waals surface area contributed by atoms with E-state index in [1.165, 1.54) is 36.4 Å². The highest BCUT2D eigenvalue weighted by Crippen LogP contribution is 2.32. The summed E-state index contributed by atoms with van der Waals surface area (Å²) < 4.78 is 27.7. The number of carbonyl (C=O) groups is 1. The monoisotopic (exact) mass is 588 g/mol. The van der Waals surface area contributed by atoms with Crippen molar-refractivity contribution in [3.8, 4) is 12.1 Å². The largest absolute Gasteiger partial charge is 0.369 e. The molecule has 13 heteroatoms. The Morgan fingerprint density at radius 1 is 1.00 bits per heavy atom. The topological polar surface area (TPSA) is 161 Å². The minimum absolute atomic E-state index is 0.0316. The number of hydrogen-bond donors (Lipinski definition) is 0. The van der Waals surface area contributed by atoms with E-state index in [4.69, 9.17) is 22.1 Å². The van der Waals surface area contributed by atoms with Gasteiger partial charge < -0.3 is 4.90 Å². The average Bonchev–Trinajstić information content (AvgIpc) is 3.30. The molecule has 1 aliphatic rings. The first-order chi connectivity index (χ1) is 19.7. The van der Waals surface area contributed by atoms with E-state index in [0.717, 1.165) is 17.8 Å². The normalized spacial score (nSPS) is 13.9. The number of nitriles is 2. The molecule has 1 amide bonds. The van der Waals surface area contributed by atoms with Gasteiger partial charge in [-0.2, -0.15) is 14.8 Å². The van der Waals surface area contributed by atoms with Crippen LogP contribution in [0.2, 0.25) is 5.02 Å². The molecular formula is C28H21ClN6O5S. The van der Waals surface area contributed by atoms with Gasteiger partial charge in [0.15, 0.2) is 5.84 Å². The van der Waals surface area contributed by atoms with Gasteiger partial charge in [-0.15, -0.1) is 0 Å². The zero-order valence-electron chi connectivity index (χ0n) is 21.3. The Kier molecular flexibility index (Phi) is 8.78. The maximum absolute atomic E-state index is 13.6. The van der Waals surface area contributed by atoms with E-state index < -0.39 is 20.9 Å². The first-order valence-electron chi connectivity index (χ1n) is 12.2. The molecular weight excluding hydrogens is 568 g/mol. The molecule has 1 heterocycles. The van der Waals surface area contributed by atoms with Crippen molar-refractivity contribution < 1.29 is 18.1 Å². The molecule has 0 bridgehead atoms. The molecule has 0 N–H and O–H groups in total. The molecule has 0 aromatic heterocycles. The van der Waals surface area contributed by atoms with Crippen LogP contribution in [-0.4, -0.2) is 42.5 Å². The molecule has 0 fully saturated rings. The number of halogens is 1. The summed E-state index contributed by atoms with van der Waals surface area (Å²) in [5.41, 5.74) is 0.599. The van der Waals surface area contributed by atoms with Crippen molar-refractivity contribution in [1.82, 2.24) is 4.31 Å². The van der Waals surface area contributed by atoms with Crippen LogP contribution in [0.3, 0.4) is 0 Å². The number of benzene rings is 3. The van der Waals surface area contributed by atoms with Crippen molar-refractivity contribution in [2.45, 2.75) is 17.7 Å². The van der Waals surface area contributed by atoms with Crippen LogP contribution in [0.15, 0.2) is 88.4 Å². The zero-order valence-corrected chi connectivity index (χ0v) is 22.9. The van der Waals surface area contributed by atoms with Gasteiger partial charge in [0.2, 0.25) is 0 Å². The molecule has 4 rings (SSSR count). The van der Waals surface area contributed by atoms with Gasteiger partial charge in [-0.05, 0) is 42.0 Å². The lowest BCUT2D eigenvalue weighted by Gasteiger charge is -2.22. The summed E-state index contributed by atoms with van der Waals surface area (Å²) in [5, 5.41) is 29.3. The van der Waals surface area contributed by atoms with Crippen LogP contribution in [0, 0.1) is 32.8 Å². The number of nitro benzene ring substituents is 1. The SMILES string of the molecule is N#CCCN(CCC#N)c1ccc(/C=C2\N=C(c3cc([N+](=O)[O-])ccc3Cl)N(S(=O)(=O)c3ccccc3)C2=O)cc1. The minimum Gasteiger partial charge on any atom is -0.369 e. The summed E-state index contributed by atoms with van der Waals surface area (Å²) in [6.07, 6.45) is 1.94. The number of sulfonamides is 1. The van der Waals surface area contributed by atoms with Crippen LogP contribution in [0.25, 0.3) is 6.08 Å². The van der Waals surface area contributed by atoms with E-state index in [9.17, 15) is 23.3 Å². The predicted molar refractivity (Wildman–Crippen MR) is 152 cm³/mol. The van der Waals surface area contributed by atoms with Crippen LogP contribution >= 0.6 is 11.6 Å². The Balaban J connectivity index is 1.78. The smallest absolute Gasteiger partial charge is 0.292 e. The molecule has 1 aliphatic heterocycles. The number of hydrogen-bond acceptors (Lipinski definition) is 9. The fourth-order valence-corrected chi connectivity index (χ4v) is 5.66. The molecule has 0 atom stereocenters. The number of carbonyl (C=O) groups excluding carboxylic acids is 1. The maximum Gasteiger partial charge on any atom is 0.292 e. The summed E-state index contributed by atoms with van der Waals surface area (Å²) in [6.45, 7) is 0.863. The van der Waals surface area contributed by atoms with Gasteiger partial charge in [0.05, 0.1) is 39.8 Å². The molecule has 3 aromatic carbocycles. The summed E-state index contributed by atoms with van der Waals surface area (Å²) >= 11 is 6.32. The van der Waals surface area contributed by atoms with Gasteiger partial charge in [0, 0.05) is 36.5 Å². The number of nitro groups is 1. The Labute approximate surface area is 241 Å². The highest BCUT2D eigenvalue weighted by atomic mass is 35.5. The Hall–Kier alpha value is -5.04. The van der Waals surface area contributed by atoms with E-state index >= 15 is 0 Å². The van der Waals surface area contributed by atoms with Gasteiger partial charge in [-0.1, -0.05) is 41.9 Å². The second-order valence-electron chi connectivity index (χ2n) is 8.67. The number of amidine groups is 1. The summed E-state index contributed by atoms with van der Waals surface area (Å²) in [4.78, 5) is 30.3. The molecule has 0 unspecified atom stereocenters. The summed E-state index contributed by atoms with van der Waals surface area (Å²) in [5.74, 6) is -1.32. The highest BCUT2D eigenvalue weighted by molar-refractivity contribution is 7.90. The first kappa shape index (κ1) is 29.0. The van der Waals surface area contributed by atoms with Crippen molar-refractivity contribution in [1.29, 1.82) is 10.5 Å². The van der Waals surface area contributed by atoms with Crippen molar-refractivity contribution in [2.24, 2.45) is 4.99 Å². The Bertz CT molecular complexity index is 1730. The Morgan fingerprint density at radius 2 is 1.63 bits per heavy atom. The van der Waals surface area contributed by atoms with Crippen LogP contribution in [0.1, 0.15) is 24.0 Å². The van der Waals surface area contributed by atoms with Crippen LogP contribution in [-0.2, 0) is 14.8 Å². The average molecular weight is 589 g/mol. The summed E-state index contributed by atoms with van der Waals surface area (Å²) in [7, 11) is -4.47. The van der Waals surface area contributed by atoms with E-state index in [1.807, 2.05) is 4.90 Å². The first-order valence-corrected chi connectivity index (χ1v) is 14.0.